The predicted octanol–water partition coefficient (Wildman–Crippen LogP) is 3.23. The average molecular weight is 291 g/mol. The van der Waals surface area contributed by atoms with Crippen LogP contribution in [0.4, 0.5) is 0 Å². The Bertz CT molecular complexity index is 451. The molecule has 1 saturated heterocycles. The van der Waals surface area contributed by atoms with Crippen LogP contribution in [0.5, 0.6) is 5.75 Å². The van der Waals surface area contributed by atoms with Crippen molar-refractivity contribution >= 4 is 0 Å². The van der Waals surface area contributed by atoms with Crippen molar-refractivity contribution in [2.24, 2.45) is 0 Å². The number of likely N-dealkylation sites (tertiary alicyclic amines) is 1. The number of aryl methyl sites for hydroxylation is 2. The van der Waals surface area contributed by atoms with Crippen molar-refractivity contribution in [2.45, 2.75) is 52.6 Å². The third-order valence-electron chi connectivity index (χ3n) is 4.46. The minimum atomic E-state index is -0.414. The van der Waals surface area contributed by atoms with Gasteiger partial charge in [0.15, 0.2) is 0 Å². The number of aliphatic hydroxyl groups is 1. The Labute approximate surface area is 128 Å². The Morgan fingerprint density at radius 3 is 2.33 bits per heavy atom. The SMILES string of the molecule is Cc1ccc(C)c(OCC(O)CN2CCCCCC2)c1C. The van der Waals surface area contributed by atoms with Gasteiger partial charge in [0.25, 0.3) is 0 Å². The molecular formula is C18H29NO2. The maximum Gasteiger partial charge on any atom is 0.125 e. The van der Waals surface area contributed by atoms with Crippen LogP contribution in [0.3, 0.4) is 0 Å². The Hall–Kier alpha value is -1.06. The first-order valence-corrected chi connectivity index (χ1v) is 8.18. The molecular weight excluding hydrogens is 262 g/mol. The lowest BCUT2D eigenvalue weighted by Gasteiger charge is -2.24. The van der Waals surface area contributed by atoms with Crippen molar-refractivity contribution in [1.29, 1.82) is 0 Å². The third-order valence-corrected chi connectivity index (χ3v) is 4.46. The number of β-amino-alcohol motifs (C(OH)–C–C–N with tert-alkyl or cyclic N) is 1. The highest BCUT2D eigenvalue weighted by molar-refractivity contribution is 5.44. The number of rotatable bonds is 5. The molecule has 1 fully saturated rings. The fourth-order valence-electron chi connectivity index (χ4n) is 3.00. The van der Waals surface area contributed by atoms with Gasteiger partial charge in [0.1, 0.15) is 18.5 Å². The van der Waals surface area contributed by atoms with Crippen LogP contribution in [-0.2, 0) is 0 Å². The fraction of sp³-hybridized carbons (Fsp3) is 0.667. The van der Waals surface area contributed by atoms with Gasteiger partial charge >= 0.3 is 0 Å². The van der Waals surface area contributed by atoms with E-state index < -0.39 is 6.10 Å². The van der Waals surface area contributed by atoms with Crippen molar-refractivity contribution in [2.75, 3.05) is 26.2 Å². The number of hydrogen-bond donors (Lipinski definition) is 1. The largest absolute Gasteiger partial charge is 0.490 e. The van der Waals surface area contributed by atoms with E-state index in [1.807, 2.05) is 0 Å². The number of nitrogens with zero attached hydrogens (tertiary/aromatic N) is 1. The second-order valence-corrected chi connectivity index (χ2v) is 6.33. The Kier molecular flexibility index (Phi) is 6.07. The first-order chi connectivity index (χ1) is 10.1. The monoisotopic (exact) mass is 291 g/mol. The molecule has 0 saturated carbocycles. The first kappa shape index (κ1) is 16.3. The van der Waals surface area contributed by atoms with E-state index in [0.29, 0.717) is 6.61 Å². The second kappa shape index (κ2) is 7.81. The molecule has 3 nitrogen and oxygen atoms in total. The highest BCUT2D eigenvalue weighted by Gasteiger charge is 2.15. The van der Waals surface area contributed by atoms with E-state index in [1.165, 1.54) is 36.8 Å². The number of hydrogen-bond acceptors (Lipinski definition) is 3. The summed E-state index contributed by atoms with van der Waals surface area (Å²) in [4.78, 5) is 2.37. The average Bonchev–Trinajstić information content (AvgIpc) is 2.72. The summed E-state index contributed by atoms with van der Waals surface area (Å²) in [5.74, 6) is 0.935. The molecule has 21 heavy (non-hydrogen) atoms. The van der Waals surface area contributed by atoms with Gasteiger partial charge in [0.2, 0.25) is 0 Å². The number of ether oxygens (including phenoxy) is 1. The lowest BCUT2D eigenvalue weighted by Crippen LogP contribution is -2.36. The van der Waals surface area contributed by atoms with E-state index in [2.05, 4.69) is 37.8 Å². The van der Waals surface area contributed by atoms with Crippen molar-refractivity contribution in [3.05, 3.63) is 28.8 Å². The maximum atomic E-state index is 10.2. The van der Waals surface area contributed by atoms with Crippen LogP contribution in [0.2, 0.25) is 0 Å². The molecule has 118 valence electrons. The summed E-state index contributed by atoms with van der Waals surface area (Å²) in [6.07, 6.45) is 4.74. The summed E-state index contributed by atoms with van der Waals surface area (Å²) >= 11 is 0. The molecule has 1 heterocycles. The summed E-state index contributed by atoms with van der Waals surface area (Å²) < 4.78 is 5.91. The van der Waals surface area contributed by atoms with Crippen LogP contribution >= 0.6 is 0 Å². The molecule has 3 heteroatoms. The Morgan fingerprint density at radius 2 is 1.67 bits per heavy atom. The van der Waals surface area contributed by atoms with Gasteiger partial charge in [-0.2, -0.15) is 0 Å². The number of aliphatic hydroxyl groups excluding tert-OH is 1. The van der Waals surface area contributed by atoms with Crippen molar-refractivity contribution in [3.63, 3.8) is 0 Å². The van der Waals surface area contributed by atoms with Crippen LogP contribution in [0.15, 0.2) is 12.1 Å². The zero-order valence-electron chi connectivity index (χ0n) is 13.7. The van der Waals surface area contributed by atoms with E-state index >= 15 is 0 Å². The summed E-state index contributed by atoms with van der Waals surface area (Å²) in [6, 6.07) is 4.20. The van der Waals surface area contributed by atoms with Crippen molar-refractivity contribution < 1.29 is 9.84 Å². The summed E-state index contributed by atoms with van der Waals surface area (Å²) in [7, 11) is 0. The quantitative estimate of drug-likeness (QED) is 0.904. The molecule has 1 atom stereocenters. The molecule has 0 spiro atoms. The number of benzene rings is 1. The van der Waals surface area contributed by atoms with Crippen LogP contribution in [-0.4, -0.2) is 42.4 Å². The van der Waals surface area contributed by atoms with E-state index in [-0.39, 0.29) is 0 Å². The Morgan fingerprint density at radius 1 is 1.05 bits per heavy atom. The molecule has 0 amide bonds. The molecule has 0 bridgehead atoms. The van der Waals surface area contributed by atoms with Crippen LogP contribution in [0, 0.1) is 20.8 Å². The molecule has 1 aromatic rings. The second-order valence-electron chi connectivity index (χ2n) is 6.33. The normalized spacial score (nSPS) is 18.3. The summed E-state index contributed by atoms with van der Waals surface area (Å²) in [6.45, 7) is 9.56. The van der Waals surface area contributed by atoms with Crippen molar-refractivity contribution in [1.82, 2.24) is 4.90 Å². The molecule has 0 aromatic heterocycles. The highest BCUT2D eigenvalue weighted by Crippen LogP contribution is 2.25. The van der Waals surface area contributed by atoms with E-state index in [4.69, 9.17) is 4.74 Å². The maximum absolute atomic E-state index is 10.2. The minimum absolute atomic E-state index is 0.377. The summed E-state index contributed by atoms with van der Waals surface area (Å²) in [5, 5.41) is 10.2. The molecule has 2 rings (SSSR count). The fourth-order valence-corrected chi connectivity index (χ4v) is 3.00. The summed E-state index contributed by atoms with van der Waals surface area (Å²) in [5.41, 5.74) is 3.55. The van der Waals surface area contributed by atoms with E-state index in [9.17, 15) is 5.11 Å². The molecule has 0 aliphatic carbocycles. The third kappa shape index (κ3) is 4.72. The lowest BCUT2D eigenvalue weighted by molar-refractivity contribution is 0.0688. The smallest absolute Gasteiger partial charge is 0.125 e. The van der Waals surface area contributed by atoms with Gasteiger partial charge in [-0.05, 0) is 63.4 Å². The predicted molar refractivity (Wildman–Crippen MR) is 87.1 cm³/mol. The van der Waals surface area contributed by atoms with Crippen LogP contribution in [0.25, 0.3) is 0 Å². The van der Waals surface area contributed by atoms with Crippen LogP contribution < -0.4 is 4.74 Å². The standard InChI is InChI=1S/C18H29NO2/c1-14-8-9-15(2)18(16(14)3)21-13-17(20)12-19-10-6-4-5-7-11-19/h8-9,17,20H,4-7,10-13H2,1-3H3. The van der Waals surface area contributed by atoms with Crippen molar-refractivity contribution in [3.8, 4) is 5.75 Å². The molecule has 1 aliphatic heterocycles. The van der Waals surface area contributed by atoms with Gasteiger partial charge in [-0.15, -0.1) is 0 Å². The lowest BCUT2D eigenvalue weighted by atomic mass is 10.1. The minimum Gasteiger partial charge on any atom is -0.490 e. The molecule has 1 N–H and O–H groups in total. The van der Waals surface area contributed by atoms with Gasteiger partial charge in [-0.3, -0.25) is 0 Å². The molecule has 1 unspecified atom stereocenters. The molecule has 1 aliphatic rings. The first-order valence-electron chi connectivity index (χ1n) is 8.18. The topological polar surface area (TPSA) is 32.7 Å². The van der Waals surface area contributed by atoms with Gasteiger partial charge in [0, 0.05) is 6.54 Å². The van der Waals surface area contributed by atoms with Gasteiger partial charge < -0.3 is 14.7 Å². The zero-order valence-corrected chi connectivity index (χ0v) is 13.7. The molecule has 0 radical (unpaired) electrons. The van der Waals surface area contributed by atoms with E-state index in [0.717, 1.165) is 30.9 Å². The van der Waals surface area contributed by atoms with Crippen LogP contribution in [0.1, 0.15) is 42.4 Å². The van der Waals surface area contributed by atoms with Gasteiger partial charge in [-0.25, -0.2) is 0 Å². The Balaban J connectivity index is 1.86. The zero-order chi connectivity index (χ0) is 15.2. The van der Waals surface area contributed by atoms with Gasteiger partial charge in [0.05, 0.1) is 0 Å². The van der Waals surface area contributed by atoms with Gasteiger partial charge in [-0.1, -0.05) is 25.0 Å². The highest BCUT2D eigenvalue weighted by atomic mass is 16.5. The molecule has 1 aromatic carbocycles. The van der Waals surface area contributed by atoms with E-state index in [1.54, 1.807) is 0 Å².